The Hall–Kier alpha value is 0.400. The highest BCUT2D eigenvalue weighted by Gasteiger charge is 2.39. The van der Waals surface area contributed by atoms with Gasteiger partial charge in [-0.15, -0.1) is 0 Å². The van der Waals surface area contributed by atoms with E-state index in [4.69, 9.17) is 4.74 Å². The third-order valence-electron chi connectivity index (χ3n) is 5.83. The number of fused-ring (bicyclic) bond motifs is 1. The molecule has 0 aromatic heterocycles. The summed E-state index contributed by atoms with van der Waals surface area (Å²) in [4.78, 5) is 2.81. The number of alkyl halides is 1. The summed E-state index contributed by atoms with van der Waals surface area (Å²) in [5.41, 5.74) is 0.538. The van der Waals surface area contributed by atoms with Gasteiger partial charge < -0.3 is 4.74 Å². The molecule has 2 aliphatic carbocycles. The van der Waals surface area contributed by atoms with E-state index in [1.165, 1.54) is 76.1 Å². The van der Waals surface area contributed by atoms with Crippen molar-refractivity contribution >= 4 is 15.9 Å². The van der Waals surface area contributed by atoms with Gasteiger partial charge in [0.25, 0.3) is 0 Å². The Kier molecular flexibility index (Phi) is 5.44. The minimum atomic E-state index is 0.538. The lowest BCUT2D eigenvalue weighted by atomic mass is 9.80. The number of halogens is 1. The van der Waals surface area contributed by atoms with Gasteiger partial charge in [0, 0.05) is 24.5 Å². The van der Waals surface area contributed by atoms with Crippen LogP contribution in [0.1, 0.15) is 64.2 Å². The molecular formula is C17H30BrNO. The van der Waals surface area contributed by atoms with Crippen molar-refractivity contribution in [3.63, 3.8) is 0 Å². The van der Waals surface area contributed by atoms with E-state index in [0.29, 0.717) is 11.5 Å². The van der Waals surface area contributed by atoms with Gasteiger partial charge in [-0.05, 0) is 31.1 Å². The minimum Gasteiger partial charge on any atom is -0.375 e. The summed E-state index contributed by atoms with van der Waals surface area (Å²) < 4.78 is 6.04. The lowest BCUT2D eigenvalue weighted by Crippen LogP contribution is -2.55. The molecule has 0 aromatic rings. The van der Waals surface area contributed by atoms with Crippen molar-refractivity contribution in [3.8, 4) is 0 Å². The second-order valence-corrected chi connectivity index (χ2v) is 7.84. The standard InChI is InChI=1S/C17H30BrNO/c18-13-17(9-5-1-2-6-10-17)14-19-11-12-20-16-8-4-3-7-15(16)19/h15-16H,1-14H2. The molecule has 1 saturated heterocycles. The molecule has 0 N–H and O–H groups in total. The summed E-state index contributed by atoms with van der Waals surface area (Å²) >= 11 is 3.86. The smallest absolute Gasteiger partial charge is 0.0730 e. The molecule has 0 aromatic carbocycles. The highest BCUT2D eigenvalue weighted by Crippen LogP contribution is 2.39. The predicted molar refractivity (Wildman–Crippen MR) is 87.5 cm³/mol. The first-order valence-corrected chi connectivity index (χ1v) is 9.87. The summed E-state index contributed by atoms with van der Waals surface area (Å²) in [6.45, 7) is 3.43. The van der Waals surface area contributed by atoms with Crippen LogP contribution in [0, 0.1) is 5.41 Å². The van der Waals surface area contributed by atoms with E-state index in [0.717, 1.165) is 19.2 Å². The molecule has 0 radical (unpaired) electrons. The monoisotopic (exact) mass is 343 g/mol. The molecule has 2 nitrogen and oxygen atoms in total. The second-order valence-electron chi connectivity index (χ2n) is 7.28. The summed E-state index contributed by atoms with van der Waals surface area (Å²) in [7, 11) is 0. The molecule has 116 valence electrons. The van der Waals surface area contributed by atoms with Crippen molar-refractivity contribution < 1.29 is 4.74 Å². The lowest BCUT2D eigenvalue weighted by molar-refractivity contribution is -0.0983. The Bertz CT molecular complexity index is 299. The van der Waals surface area contributed by atoms with E-state index in [-0.39, 0.29) is 0 Å². The molecule has 20 heavy (non-hydrogen) atoms. The van der Waals surface area contributed by atoms with Crippen molar-refractivity contribution in [2.75, 3.05) is 25.0 Å². The first-order chi connectivity index (χ1) is 9.83. The molecular weight excluding hydrogens is 314 g/mol. The van der Waals surface area contributed by atoms with Gasteiger partial charge in [-0.1, -0.05) is 54.5 Å². The molecule has 0 bridgehead atoms. The van der Waals surface area contributed by atoms with Crippen LogP contribution in [0.3, 0.4) is 0 Å². The van der Waals surface area contributed by atoms with Gasteiger partial charge in [0.1, 0.15) is 0 Å². The van der Waals surface area contributed by atoms with Gasteiger partial charge in [0.2, 0.25) is 0 Å². The largest absolute Gasteiger partial charge is 0.375 e. The normalized spacial score (nSPS) is 35.2. The SMILES string of the molecule is BrCC1(CN2CCOC3CCCCC32)CCCCCC1. The summed E-state index contributed by atoms with van der Waals surface area (Å²) in [5.74, 6) is 0. The number of rotatable bonds is 3. The fourth-order valence-corrected chi connectivity index (χ4v) is 5.35. The predicted octanol–water partition coefficient (Wildman–Crippen LogP) is 4.37. The Morgan fingerprint density at radius 1 is 1.00 bits per heavy atom. The van der Waals surface area contributed by atoms with Gasteiger partial charge in [0.05, 0.1) is 12.7 Å². The lowest BCUT2D eigenvalue weighted by Gasteiger charge is -2.47. The number of morpholine rings is 1. The van der Waals surface area contributed by atoms with Crippen LogP contribution in [0.5, 0.6) is 0 Å². The van der Waals surface area contributed by atoms with Gasteiger partial charge in [-0.3, -0.25) is 4.90 Å². The van der Waals surface area contributed by atoms with Crippen molar-refractivity contribution in [2.45, 2.75) is 76.4 Å². The summed E-state index contributed by atoms with van der Waals surface area (Å²) in [5, 5.41) is 1.19. The minimum absolute atomic E-state index is 0.538. The van der Waals surface area contributed by atoms with Crippen molar-refractivity contribution in [3.05, 3.63) is 0 Å². The van der Waals surface area contributed by atoms with Gasteiger partial charge in [-0.25, -0.2) is 0 Å². The molecule has 1 aliphatic heterocycles. The second kappa shape index (κ2) is 7.11. The molecule has 3 heteroatoms. The average molecular weight is 344 g/mol. The molecule has 2 atom stereocenters. The average Bonchev–Trinajstić information content (AvgIpc) is 2.74. The van der Waals surface area contributed by atoms with E-state index < -0.39 is 0 Å². The van der Waals surface area contributed by atoms with Gasteiger partial charge in [-0.2, -0.15) is 0 Å². The number of hydrogen-bond donors (Lipinski definition) is 0. The summed E-state index contributed by atoms with van der Waals surface area (Å²) in [6.07, 6.45) is 14.6. The van der Waals surface area contributed by atoms with Crippen LogP contribution in [-0.4, -0.2) is 42.1 Å². The van der Waals surface area contributed by atoms with Crippen LogP contribution in [-0.2, 0) is 4.74 Å². The fourth-order valence-electron chi connectivity index (χ4n) is 4.62. The third kappa shape index (κ3) is 3.41. The zero-order valence-electron chi connectivity index (χ0n) is 12.8. The van der Waals surface area contributed by atoms with E-state index in [9.17, 15) is 0 Å². The topological polar surface area (TPSA) is 12.5 Å². The molecule has 2 saturated carbocycles. The molecule has 3 aliphatic rings. The highest BCUT2D eigenvalue weighted by molar-refractivity contribution is 9.09. The maximum atomic E-state index is 6.04. The molecule has 0 spiro atoms. The maximum absolute atomic E-state index is 6.04. The molecule has 3 rings (SSSR count). The molecule has 3 fully saturated rings. The quantitative estimate of drug-likeness (QED) is 0.557. The molecule has 2 unspecified atom stereocenters. The summed E-state index contributed by atoms with van der Waals surface area (Å²) in [6, 6.07) is 0.719. The molecule has 0 amide bonds. The van der Waals surface area contributed by atoms with Crippen LogP contribution >= 0.6 is 15.9 Å². The first kappa shape index (κ1) is 15.3. The number of ether oxygens (including phenoxy) is 1. The van der Waals surface area contributed by atoms with E-state index in [1.807, 2.05) is 0 Å². The highest BCUT2D eigenvalue weighted by atomic mass is 79.9. The van der Waals surface area contributed by atoms with Gasteiger partial charge >= 0.3 is 0 Å². The van der Waals surface area contributed by atoms with Crippen LogP contribution in [0.4, 0.5) is 0 Å². The first-order valence-electron chi connectivity index (χ1n) is 8.75. The third-order valence-corrected chi connectivity index (χ3v) is 7.02. The van der Waals surface area contributed by atoms with Crippen LogP contribution in [0.25, 0.3) is 0 Å². The van der Waals surface area contributed by atoms with Gasteiger partial charge in [0.15, 0.2) is 0 Å². The van der Waals surface area contributed by atoms with E-state index in [1.54, 1.807) is 0 Å². The van der Waals surface area contributed by atoms with Crippen LogP contribution in [0.2, 0.25) is 0 Å². The Labute approximate surface area is 132 Å². The number of nitrogens with zero attached hydrogens (tertiary/aromatic N) is 1. The van der Waals surface area contributed by atoms with E-state index in [2.05, 4.69) is 20.8 Å². The zero-order chi connectivity index (χ0) is 13.8. The number of hydrogen-bond acceptors (Lipinski definition) is 2. The maximum Gasteiger partial charge on any atom is 0.0730 e. The Morgan fingerprint density at radius 2 is 1.75 bits per heavy atom. The Balaban J connectivity index is 1.67. The Morgan fingerprint density at radius 3 is 2.50 bits per heavy atom. The van der Waals surface area contributed by atoms with Crippen molar-refractivity contribution in [2.24, 2.45) is 5.41 Å². The zero-order valence-corrected chi connectivity index (χ0v) is 14.4. The molecule has 1 heterocycles. The van der Waals surface area contributed by atoms with Crippen molar-refractivity contribution in [1.82, 2.24) is 4.90 Å². The van der Waals surface area contributed by atoms with Crippen LogP contribution < -0.4 is 0 Å². The van der Waals surface area contributed by atoms with E-state index >= 15 is 0 Å². The fraction of sp³-hybridized carbons (Fsp3) is 1.00. The van der Waals surface area contributed by atoms with Crippen LogP contribution in [0.15, 0.2) is 0 Å². The van der Waals surface area contributed by atoms with Crippen molar-refractivity contribution in [1.29, 1.82) is 0 Å².